The van der Waals surface area contributed by atoms with Crippen molar-refractivity contribution in [1.82, 2.24) is 19.9 Å². The predicted molar refractivity (Wildman–Crippen MR) is 73.0 cm³/mol. The Labute approximate surface area is 115 Å². The Hall–Kier alpha value is -1.96. The highest BCUT2D eigenvalue weighted by molar-refractivity contribution is 7.91. The van der Waals surface area contributed by atoms with Crippen LogP contribution in [0.15, 0.2) is 18.6 Å². The Bertz CT molecular complexity index is 768. The van der Waals surface area contributed by atoms with Crippen LogP contribution in [0, 0.1) is 0 Å². The molecule has 2 aromatic heterocycles. The van der Waals surface area contributed by atoms with Gasteiger partial charge in [0.05, 0.1) is 28.9 Å². The Kier molecular flexibility index (Phi) is 2.97. The summed E-state index contributed by atoms with van der Waals surface area (Å²) in [7, 11) is -1.38. The number of pyridine rings is 1. The summed E-state index contributed by atoms with van der Waals surface area (Å²) in [4.78, 5) is 24.8. The predicted octanol–water partition coefficient (Wildman–Crippen LogP) is 0.217. The van der Waals surface area contributed by atoms with Gasteiger partial charge in [0.25, 0.3) is 5.91 Å². The maximum Gasteiger partial charge on any atom is 0.255 e. The summed E-state index contributed by atoms with van der Waals surface area (Å²) in [6, 6.07) is 1.42. The van der Waals surface area contributed by atoms with Crippen molar-refractivity contribution in [3.8, 4) is 0 Å². The number of nitrogens with one attached hydrogen (secondary N) is 1. The van der Waals surface area contributed by atoms with Crippen molar-refractivity contribution in [2.75, 3.05) is 18.6 Å². The molecule has 1 aliphatic rings. The number of imidazole rings is 1. The number of hydrogen-bond donors (Lipinski definition) is 1. The molecule has 3 rings (SSSR count). The number of hydrogen-bond acceptors (Lipinski definition) is 5. The number of H-pyrrole nitrogens is 1. The molecule has 7 nitrogen and oxygen atoms in total. The highest BCUT2D eigenvalue weighted by Gasteiger charge is 2.33. The van der Waals surface area contributed by atoms with E-state index in [1.165, 1.54) is 17.4 Å². The first kappa shape index (κ1) is 13.0. The van der Waals surface area contributed by atoms with Gasteiger partial charge in [-0.1, -0.05) is 0 Å². The second-order valence-corrected chi connectivity index (χ2v) is 7.20. The molecule has 1 aliphatic heterocycles. The van der Waals surface area contributed by atoms with Gasteiger partial charge < -0.3 is 9.88 Å². The molecule has 0 spiro atoms. The maximum atomic E-state index is 12.4. The van der Waals surface area contributed by atoms with Crippen LogP contribution >= 0.6 is 0 Å². The second kappa shape index (κ2) is 4.55. The van der Waals surface area contributed by atoms with Crippen molar-refractivity contribution in [3.05, 3.63) is 24.2 Å². The van der Waals surface area contributed by atoms with Crippen LogP contribution in [-0.4, -0.2) is 58.8 Å². The lowest BCUT2D eigenvalue weighted by atomic mass is 10.2. The zero-order valence-corrected chi connectivity index (χ0v) is 11.7. The Morgan fingerprint density at radius 3 is 2.95 bits per heavy atom. The van der Waals surface area contributed by atoms with Crippen molar-refractivity contribution in [1.29, 1.82) is 0 Å². The van der Waals surface area contributed by atoms with Gasteiger partial charge in [0.2, 0.25) is 0 Å². The molecule has 1 amide bonds. The van der Waals surface area contributed by atoms with Crippen molar-refractivity contribution in [3.63, 3.8) is 0 Å². The van der Waals surface area contributed by atoms with E-state index < -0.39 is 9.84 Å². The molecular formula is C12H14N4O3S. The van der Waals surface area contributed by atoms with Crippen LogP contribution in [0.3, 0.4) is 0 Å². The van der Waals surface area contributed by atoms with Crippen molar-refractivity contribution < 1.29 is 13.2 Å². The van der Waals surface area contributed by atoms with Crippen LogP contribution in [0.25, 0.3) is 11.2 Å². The molecule has 0 aromatic carbocycles. The SMILES string of the molecule is CN(C(=O)c1cnc2nc[nH]c2c1)C1CCS(=O)(=O)C1. The summed E-state index contributed by atoms with van der Waals surface area (Å²) in [6.07, 6.45) is 3.47. The molecule has 8 heteroatoms. The molecule has 1 saturated heterocycles. The molecule has 3 heterocycles. The normalized spacial score (nSPS) is 21.1. The number of fused-ring (bicyclic) bond motifs is 1. The molecule has 2 aromatic rings. The highest BCUT2D eigenvalue weighted by atomic mass is 32.2. The van der Waals surface area contributed by atoms with Crippen LogP contribution in [0.4, 0.5) is 0 Å². The lowest BCUT2D eigenvalue weighted by Gasteiger charge is -2.23. The van der Waals surface area contributed by atoms with Crippen LogP contribution in [0.5, 0.6) is 0 Å². The molecular weight excluding hydrogens is 280 g/mol. The summed E-state index contributed by atoms with van der Waals surface area (Å²) < 4.78 is 23.0. The first-order valence-electron chi connectivity index (χ1n) is 6.23. The van der Waals surface area contributed by atoms with Gasteiger partial charge in [-0.15, -0.1) is 0 Å². The van der Waals surface area contributed by atoms with Gasteiger partial charge in [-0.2, -0.15) is 0 Å². The molecule has 0 aliphatic carbocycles. The van der Waals surface area contributed by atoms with Gasteiger partial charge in [0.15, 0.2) is 15.5 Å². The molecule has 1 fully saturated rings. The molecule has 0 saturated carbocycles. The molecule has 1 atom stereocenters. The van der Waals surface area contributed by atoms with Crippen molar-refractivity contribution >= 4 is 26.9 Å². The minimum Gasteiger partial charge on any atom is -0.343 e. The van der Waals surface area contributed by atoms with E-state index in [1.54, 1.807) is 13.1 Å². The molecule has 1 unspecified atom stereocenters. The van der Waals surface area contributed by atoms with Gasteiger partial charge in [0.1, 0.15) is 0 Å². The van der Waals surface area contributed by atoms with E-state index in [0.717, 1.165) is 0 Å². The Balaban J connectivity index is 1.84. The molecule has 106 valence electrons. The zero-order chi connectivity index (χ0) is 14.3. The Morgan fingerprint density at radius 1 is 1.45 bits per heavy atom. The lowest BCUT2D eigenvalue weighted by molar-refractivity contribution is 0.0747. The third-order valence-electron chi connectivity index (χ3n) is 3.60. The second-order valence-electron chi connectivity index (χ2n) is 4.97. The smallest absolute Gasteiger partial charge is 0.255 e. The van der Waals surface area contributed by atoms with E-state index in [9.17, 15) is 13.2 Å². The summed E-state index contributed by atoms with van der Waals surface area (Å²) in [5.41, 5.74) is 1.66. The first-order valence-corrected chi connectivity index (χ1v) is 8.05. The third kappa shape index (κ3) is 2.26. The summed E-state index contributed by atoms with van der Waals surface area (Å²) in [5.74, 6) is -0.0432. The number of aromatic nitrogens is 3. The monoisotopic (exact) mass is 294 g/mol. The standard InChI is InChI=1S/C12H14N4O3S/c1-16(9-2-3-20(18,19)6-9)12(17)8-4-10-11(13-5-8)15-7-14-10/h4-5,7,9H,2-3,6H2,1H3,(H,13,14,15). The van der Waals surface area contributed by atoms with E-state index in [2.05, 4.69) is 15.0 Å². The number of nitrogens with zero attached hydrogens (tertiary/aromatic N) is 3. The van der Waals surface area contributed by atoms with E-state index in [-0.39, 0.29) is 23.5 Å². The summed E-state index contributed by atoms with van der Waals surface area (Å²) in [5, 5.41) is 0. The minimum atomic E-state index is -3.01. The van der Waals surface area contributed by atoms with E-state index in [4.69, 9.17) is 0 Å². The zero-order valence-electron chi connectivity index (χ0n) is 10.9. The summed E-state index contributed by atoms with van der Waals surface area (Å²) in [6.45, 7) is 0. The average molecular weight is 294 g/mol. The number of carbonyl (C=O) groups is 1. The van der Waals surface area contributed by atoms with Gasteiger partial charge >= 0.3 is 0 Å². The fourth-order valence-corrected chi connectivity index (χ4v) is 4.17. The molecule has 0 bridgehead atoms. The number of amides is 1. The van der Waals surface area contributed by atoms with E-state index in [0.29, 0.717) is 23.1 Å². The molecule has 0 radical (unpaired) electrons. The largest absolute Gasteiger partial charge is 0.343 e. The Morgan fingerprint density at radius 2 is 2.25 bits per heavy atom. The van der Waals surface area contributed by atoms with E-state index in [1.807, 2.05) is 0 Å². The third-order valence-corrected chi connectivity index (χ3v) is 5.35. The van der Waals surface area contributed by atoms with Gasteiger partial charge in [-0.25, -0.2) is 18.4 Å². The number of carbonyl (C=O) groups excluding carboxylic acids is 1. The van der Waals surface area contributed by atoms with Crippen molar-refractivity contribution in [2.45, 2.75) is 12.5 Å². The highest BCUT2D eigenvalue weighted by Crippen LogP contribution is 2.19. The topological polar surface area (TPSA) is 96.0 Å². The number of sulfone groups is 1. The van der Waals surface area contributed by atoms with Gasteiger partial charge in [-0.05, 0) is 12.5 Å². The first-order chi connectivity index (χ1) is 9.46. The average Bonchev–Trinajstić information content (AvgIpc) is 3.02. The van der Waals surface area contributed by atoms with Gasteiger partial charge in [-0.3, -0.25) is 4.79 Å². The molecule has 20 heavy (non-hydrogen) atoms. The maximum absolute atomic E-state index is 12.4. The minimum absolute atomic E-state index is 0.0367. The van der Waals surface area contributed by atoms with Crippen LogP contribution in [0.2, 0.25) is 0 Å². The van der Waals surface area contributed by atoms with Crippen LogP contribution in [0.1, 0.15) is 16.8 Å². The van der Waals surface area contributed by atoms with Crippen LogP contribution in [-0.2, 0) is 9.84 Å². The lowest BCUT2D eigenvalue weighted by Crippen LogP contribution is -2.37. The fraction of sp³-hybridized carbons (Fsp3) is 0.417. The fourth-order valence-electron chi connectivity index (χ4n) is 2.40. The summed E-state index contributed by atoms with van der Waals surface area (Å²) >= 11 is 0. The van der Waals surface area contributed by atoms with Crippen LogP contribution < -0.4 is 0 Å². The number of aromatic amines is 1. The number of rotatable bonds is 2. The molecule has 1 N–H and O–H groups in total. The van der Waals surface area contributed by atoms with E-state index >= 15 is 0 Å². The van der Waals surface area contributed by atoms with Crippen molar-refractivity contribution in [2.24, 2.45) is 0 Å². The van der Waals surface area contributed by atoms with Gasteiger partial charge in [0, 0.05) is 19.3 Å². The quantitative estimate of drug-likeness (QED) is 0.854.